The first-order chi connectivity index (χ1) is 16.8. The molecule has 0 aliphatic rings. The van der Waals surface area contributed by atoms with E-state index in [4.69, 9.17) is 0 Å². The Labute approximate surface area is 209 Å². The maximum Gasteiger partial charge on any atom is 0.234 e. The van der Waals surface area contributed by atoms with Crippen molar-refractivity contribution in [2.24, 2.45) is 0 Å². The predicted molar refractivity (Wildman–Crippen MR) is 138 cm³/mol. The summed E-state index contributed by atoms with van der Waals surface area (Å²) >= 11 is 1.44. The van der Waals surface area contributed by atoms with E-state index in [0.29, 0.717) is 16.7 Å². The van der Waals surface area contributed by atoms with Crippen molar-refractivity contribution in [1.29, 1.82) is 0 Å². The van der Waals surface area contributed by atoms with E-state index in [-0.39, 0.29) is 5.82 Å². The number of hydrogen-bond acceptors (Lipinski definition) is 5. The minimum Gasteiger partial charge on any atom is -0.273 e. The number of thioether (sulfide) groups is 1. The molecule has 1 aromatic heterocycles. The molecule has 0 bridgehead atoms. The molecule has 0 amide bonds. The Bertz CT molecular complexity index is 1400. The van der Waals surface area contributed by atoms with Crippen molar-refractivity contribution in [3.8, 4) is 5.69 Å². The highest BCUT2D eigenvalue weighted by atomic mass is 32.2. The second-order valence-electron chi connectivity index (χ2n) is 8.02. The maximum atomic E-state index is 13.3. The van der Waals surface area contributed by atoms with Crippen LogP contribution in [0.1, 0.15) is 35.5 Å². The Morgan fingerprint density at radius 3 is 2.37 bits per heavy atom. The summed E-state index contributed by atoms with van der Waals surface area (Å²) in [4.78, 5) is 0. The Kier molecular flexibility index (Phi) is 7.80. The summed E-state index contributed by atoms with van der Waals surface area (Å²) in [6.07, 6.45) is 1.55. The standard InChI is InChI=1S/C26H25FN4O2S2/c1-19-8-14-24(15-9-19)31-25(28-29-26(31)34-18-22-10-12-23(27)13-11-22)20(2)30-35(32,33)17-16-21-6-4-3-5-7-21/h3-17,20,30H,18H2,1-2H3. The topological polar surface area (TPSA) is 76.9 Å². The summed E-state index contributed by atoms with van der Waals surface area (Å²) in [7, 11) is -3.74. The van der Waals surface area contributed by atoms with E-state index in [1.165, 1.54) is 23.9 Å². The van der Waals surface area contributed by atoms with Crippen molar-refractivity contribution in [3.63, 3.8) is 0 Å². The average molecular weight is 509 g/mol. The smallest absolute Gasteiger partial charge is 0.234 e. The molecule has 0 saturated carbocycles. The molecule has 4 rings (SSSR count). The van der Waals surface area contributed by atoms with Crippen molar-refractivity contribution in [3.05, 3.63) is 113 Å². The highest BCUT2D eigenvalue weighted by molar-refractivity contribution is 7.98. The number of aromatic nitrogens is 3. The Balaban J connectivity index is 1.60. The third-order valence-electron chi connectivity index (χ3n) is 5.20. The van der Waals surface area contributed by atoms with Gasteiger partial charge in [-0.05, 0) is 55.3 Å². The first kappa shape index (κ1) is 24.8. The zero-order valence-electron chi connectivity index (χ0n) is 19.3. The molecule has 1 atom stereocenters. The molecule has 9 heteroatoms. The van der Waals surface area contributed by atoms with Gasteiger partial charge in [-0.2, -0.15) is 0 Å². The molecule has 0 aliphatic carbocycles. The van der Waals surface area contributed by atoms with Crippen molar-refractivity contribution < 1.29 is 12.8 Å². The summed E-state index contributed by atoms with van der Waals surface area (Å²) in [5.74, 6) is 0.739. The predicted octanol–water partition coefficient (Wildman–Crippen LogP) is 5.66. The van der Waals surface area contributed by atoms with Crippen LogP contribution in [0.5, 0.6) is 0 Å². The van der Waals surface area contributed by atoms with Crippen LogP contribution in [0.25, 0.3) is 11.8 Å². The number of hydrogen-bond donors (Lipinski definition) is 1. The number of nitrogens with one attached hydrogen (secondary N) is 1. The van der Waals surface area contributed by atoms with Gasteiger partial charge in [0.1, 0.15) is 5.82 Å². The van der Waals surface area contributed by atoms with Crippen LogP contribution in [-0.2, 0) is 15.8 Å². The van der Waals surface area contributed by atoms with E-state index in [2.05, 4.69) is 14.9 Å². The largest absolute Gasteiger partial charge is 0.273 e. The fourth-order valence-electron chi connectivity index (χ4n) is 3.39. The SMILES string of the molecule is Cc1ccc(-n2c(SCc3ccc(F)cc3)nnc2C(C)NS(=O)(=O)C=Cc2ccccc2)cc1. The normalized spacial score (nSPS) is 12.8. The van der Waals surface area contributed by atoms with Gasteiger partial charge >= 0.3 is 0 Å². The summed E-state index contributed by atoms with van der Waals surface area (Å²) < 4.78 is 43.2. The maximum absolute atomic E-state index is 13.3. The molecule has 0 spiro atoms. The van der Waals surface area contributed by atoms with E-state index in [1.54, 1.807) is 25.1 Å². The lowest BCUT2D eigenvalue weighted by Crippen LogP contribution is -2.27. The number of aryl methyl sites for hydroxylation is 1. The summed E-state index contributed by atoms with van der Waals surface area (Å²) in [5.41, 5.74) is 3.65. The van der Waals surface area contributed by atoms with Crippen molar-refractivity contribution in [2.45, 2.75) is 30.8 Å². The Hall–Kier alpha value is -3.27. The van der Waals surface area contributed by atoms with Gasteiger partial charge in [-0.3, -0.25) is 4.57 Å². The number of rotatable bonds is 9. The van der Waals surface area contributed by atoms with Gasteiger partial charge in [0.2, 0.25) is 10.0 Å². The first-order valence-corrected chi connectivity index (χ1v) is 13.5. The average Bonchev–Trinajstić information content (AvgIpc) is 3.28. The second kappa shape index (κ2) is 11.0. The van der Waals surface area contributed by atoms with E-state index < -0.39 is 16.1 Å². The Morgan fingerprint density at radius 1 is 1.00 bits per heavy atom. The molecule has 0 aliphatic heterocycles. The monoisotopic (exact) mass is 508 g/mol. The van der Waals surface area contributed by atoms with Crippen molar-refractivity contribution in [1.82, 2.24) is 19.5 Å². The third kappa shape index (κ3) is 6.66. The number of halogens is 1. The molecular formula is C26H25FN4O2S2. The van der Waals surface area contributed by atoms with Crippen molar-refractivity contribution in [2.75, 3.05) is 0 Å². The molecule has 0 fully saturated rings. The molecule has 180 valence electrons. The molecular weight excluding hydrogens is 483 g/mol. The molecule has 3 aromatic carbocycles. The molecule has 35 heavy (non-hydrogen) atoms. The zero-order chi connectivity index (χ0) is 24.8. The summed E-state index contributed by atoms with van der Waals surface area (Å²) in [5, 5.41) is 10.4. The van der Waals surface area contributed by atoms with Gasteiger partial charge in [0, 0.05) is 16.8 Å². The minimum absolute atomic E-state index is 0.286. The van der Waals surface area contributed by atoms with Gasteiger partial charge in [0.15, 0.2) is 11.0 Å². The van der Waals surface area contributed by atoms with Crippen LogP contribution in [0.4, 0.5) is 4.39 Å². The van der Waals surface area contributed by atoms with E-state index in [1.807, 2.05) is 66.1 Å². The van der Waals surface area contributed by atoms with Crippen LogP contribution in [0.3, 0.4) is 0 Å². The van der Waals surface area contributed by atoms with E-state index in [0.717, 1.165) is 27.8 Å². The number of nitrogens with zero attached hydrogens (tertiary/aromatic N) is 3. The summed E-state index contributed by atoms with van der Waals surface area (Å²) in [6.45, 7) is 3.73. The van der Waals surface area contributed by atoms with E-state index in [9.17, 15) is 12.8 Å². The second-order valence-corrected chi connectivity index (χ2v) is 10.6. The minimum atomic E-state index is -3.74. The van der Waals surface area contributed by atoms with Gasteiger partial charge in [-0.15, -0.1) is 10.2 Å². The van der Waals surface area contributed by atoms with Crippen LogP contribution >= 0.6 is 11.8 Å². The van der Waals surface area contributed by atoms with Crippen LogP contribution in [0, 0.1) is 12.7 Å². The van der Waals surface area contributed by atoms with Crippen molar-refractivity contribution >= 4 is 27.9 Å². The van der Waals surface area contributed by atoms with Gasteiger partial charge in [0.05, 0.1) is 6.04 Å². The lowest BCUT2D eigenvalue weighted by Gasteiger charge is -2.16. The fourth-order valence-corrected chi connectivity index (χ4v) is 5.32. The molecule has 1 N–H and O–H groups in total. The van der Waals surface area contributed by atoms with Gasteiger partial charge < -0.3 is 0 Å². The van der Waals surface area contributed by atoms with Crippen LogP contribution < -0.4 is 4.72 Å². The molecule has 6 nitrogen and oxygen atoms in total. The highest BCUT2D eigenvalue weighted by Gasteiger charge is 2.22. The molecule has 1 heterocycles. The van der Waals surface area contributed by atoms with E-state index >= 15 is 0 Å². The molecule has 0 radical (unpaired) electrons. The van der Waals surface area contributed by atoms with Gasteiger partial charge in [-0.25, -0.2) is 17.5 Å². The molecule has 1 unspecified atom stereocenters. The van der Waals surface area contributed by atoms with Gasteiger partial charge in [-0.1, -0.05) is 71.9 Å². The fraction of sp³-hybridized carbons (Fsp3) is 0.154. The zero-order valence-corrected chi connectivity index (χ0v) is 20.9. The lowest BCUT2D eigenvalue weighted by molar-refractivity contribution is 0.564. The first-order valence-electron chi connectivity index (χ1n) is 11.0. The lowest BCUT2D eigenvalue weighted by atomic mass is 10.2. The number of sulfonamides is 1. The van der Waals surface area contributed by atoms with Crippen LogP contribution in [0.15, 0.2) is 89.4 Å². The van der Waals surface area contributed by atoms with Crippen LogP contribution in [-0.4, -0.2) is 23.2 Å². The Morgan fingerprint density at radius 2 is 1.69 bits per heavy atom. The molecule has 0 saturated heterocycles. The molecule has 4 aromatic rings. The van der Waals surface area contributed by atoms with Crippen LogP contribution in [0.2, 0.25) is 0 Å². The quantitative estimate of drug-likeness (QED) is 0.295. The highest BCUT2D eigenvalue weighted by Crippen LogP contribution is 2.28. The number of benzene rings is 3. The summed E-state index contributed by atoms with van der Waals surface area (Å²) in [6, 6.07) is 22.7. The third-order valence-corrected chi connectivity index (χ3v) is 7.38. The van der Waals surface area contributed by atoms with Gasteiger partial charge in [0.25, 0.3) is 0 Å².